The molecule has 2 heteroatoms. The number of piperazine rings is 1. The second-order valence-electron chi connectivity index (χ2n) is 6.16. The van der Waals surface area contributed by atoms with E-state index in [1.807, 2.05) is 6.08 Å². The quantitative estimate of drug-likeness (QED) is 0.802. The summed E-state index contributed by atoms with van der Waals surface area (Å²) in [5.41, 5.74) is 3.99. The molecule has 1 heterocycles. The summed E-state index contributed by atoms with van der Waals surface area (Å²) in [6, 6.07) is 20.2. The van der Waals surface area contributed by atoms with Crippen LogP contribution in [0.15, 0.2) is 67.3 Å². The summed E-state index contributed by atoms with van der Waals surface area (Å²) in [5, 5.41) is 3.45. The number of hydrogen-bond donors (Lipinski definition) is 1. The molecule has 3 rings (SSSR count). The van der Waals surface area contributed by atoms with Crippen LogP contribution in [0.4, 0.5) is 0 Å². The maximum atomic E-state index is 3.89. The van der Waals surface area contributed by atoms with Crippen molar-refractivity contribution in [2.45, 2.75) is 18.9 Å². The molecule has 0 amide bonds. The van der Waals surface area contributed by atoms with Crippen LogP contribution in [-0.4, -0.2) is 31.1 Å². The molecule has 120 valence electrons. The first-order valence-corrected chi connectivity index (χ1v) is 8.59. The fourth-order valence-electron chi connectivity index (χ4n) is 3.36. The Morgan fingerprint density at radius 2 is 1.61 bits per heavy atom. The maximum absolute atomic E-state index is 3.89. The van der Waals surface area contributed by atoms with E-state index in [1.165, 1.54) is 16.7 Å². The standard InChI is InChI=1S/C21H26N2/c1-2-3-9-21(23-16-14-22-15-17-23)20-12-10-19(11-13-20)18-7-5-4-6-8-18/h2,4-8,10-13,21-22H,1,3,9,14-17H2/t21-/m1/s1. The Bertz CT molecular complexity index is 597. The van der Waals surface area contributed by atoms with Gasteiger partial charge in [0.25, 0.3) is 0 Å². The van der Waals surface area contributed by atoms with Gasteiger partial charge in [0, 0.05) is 32.2 Å². The smallest absolute Gasteiger partial charge is 0.0352 e. The molecular weight excluding hydrogens is 280 g/mol. The van der Waals surface area contributed by atoms with Crippen molar-refractivity contribution in [1.82, 2.24) is 10.2 Å². The average Bonchev–Trinajstić information content (AvgIpc) is 2.64. The lowest BCUT2D eigenvalue weighted by Gasteiger charge is -2.35. The molecule has 2 nitrogen and oxygen atoms in total. The highest BCUT2D eigenvalue weighted by Gasteiger charge is 2.21. The lowest BCUT2D eigenvalue weighted by Crippen LogP contribution is -2.45. The molecule has 0 bridgehead atoms. The van der Waals surface area contributed by atoms with Crippen molar-refractivity contribution in [2.75, 3.05) is 26.2 Å². The number of allylic oxidation sites excluding steroid dienone is 1. The number of rotatable bonds is 6. The van der Waals surface area contributed by atoms with Gasteiger partial charge >= 0.3 is 0 Å². The molecule has 0 spiro atoms. The second-order valence-corrected chi connectivity index (χ2v) is 6.16. The van der Waals surface area contributed by atoms with E-state index < -0.39 is 0 Å². The first-order chi connectivity index (χ1) is 11.4. The lowest BCUT2D eigenvalue weighted by atomic mass is 9.96. The minimum absolute atomic E-state index is 0.500. The van der Waals surface area contributed by atoms with Gasteiger partial charge in [-0.25, -0.2) is 0 Å². The summed E-state index contributed by atoms with van der Waals surface area (Å²) in [7, 11) is 0. The third kappa shape index (κ3) is 4.10. The Hall–Kier alpha value is -1.90. The van der Waals surface area contributed by atoms with Crippen LogP contribution in [-0.2, 0) is 0 Å². The molecule has 0 unspecified atom stereocenters. The molecular formula is C21H26N2. The first-order valence-electron chi connectivity index (χ1n) is 8.59. The summed E-state index contributed by atoms with van der Waals surface area (Å²) < 4.78 is 0. The van der Waals surface area contributed by atoms with Gasteiger partial charge < -0.3 is 5.32 Å². The normalized spacial score (nSPS) is 16.9. The third-order valence-corrected chi connectivity index (χ3v) is 4.64. The van der Waals surface area contributed by atoms with Crippen molar-refractivity contribution < 1.29 is 0 Å². The van der Waals surface area contributed by atoms with Crippen molar-refractivity contribution in [3.8, 4) is 11.1 Å². The van der Waals surface area contributed by atoms with Crippen LogP contribution in [0.2, 0.25) is 0 Å². The number of nitrogens with one attached hydrogen (secondary N) is 1. The van der Waals surface area contributed by atoms with E-state index in [4.69, 9.17) is 0 Å². The van der Waals surface area contributed by atoms with E-state index in [2.05, 4.69) is 71.4 Å². The van der Waals surface area contributed by atoms with E-state index in [-0.39, 0.29) is 0 Å². The topological polar surface area (TPSA) is 15.3 Å². The predicted octanol–water partition coefficient (Wildman–Crippen LogP) is 4.27. The maximum Gasteiger partial charge on any atom is 0.0352 e. The zero-order valence-corrected chi connectivity index (χ0v) is 13.7. The molecule has 0 radical (unpaired) electrons. The monoisotopic (exact) mass is 306 g/mol. The molecule has 1 N–H and O–H groups in total. The Labute approximate surface area is 139 Å². The van der Waals surface area contributed by atoms with Crippen molar-refractivity contribution >= 4 is 0 Å². The molecule has 0 aliphatic carbocycles. The summed E-state index contributed by atoms with van der Waals surface area (Å²) in [5.74, 6) is 0. The summed E-state index contributed by atoms with van der Waals surface area (Å²) >= 11 is 0. The van der Waals surface area contributed by atoms with E-state index in [9.17, 15) is 0 Å². The van der Waals surface area contributed by atoms with Gasteiger partial charge in [0.1, 0.15) is 0 Å². The van der Waals surface area contributed by atoms with Crippen molar-refractivity contribution in [2.24, 2.45) is 0 Å². The number of benzene rings is 2. The fraction of sp³-hybridized carbons (Fsp3) is 0.333. The minimum Gasteiger partial charge on any atom is -0.314 e. The van der Waals surface area contributed by atoms with Crippen LogP contribution in [0, 0.1) is 0 Å². The van der Waals surface area contributed by atoms with Gasteiger partial charge in [-0.1, -0.05) is 60.7 Å². The Kier molecular flexibility index (Phi) is 5.62. The Morgan fingerprint density at radius 1 is 0.957 bits per heavy atom. The van der Waals surface area contributed by atoms with Crippen LogP contribution >= 0.6 is 0 Å². The van der Waals surface area contributed by atoms with Gasteiger partial charge in [-0.3, -0.25) is 4.90 Å². The van der Waals surface area contributed by atoms with Crippen LogP contribution < -0.4 is 5.32 Å². The number of nitrogens with zero attached hydrogens (tertiary/aromatic N) is 1. The highest BCUT2D eigenvalue weighted by Crippen LogP contribution is 2.28. The molecule has 1 aliphatic heterocycles. The van der Waals surface area contributed by atoms with Crippen LogP contribution in [0.25, 0.3) is 11.1 Å². The largest absolute Gasteiger partial charge is 0.314 e. The molecule has 1 saturated heterocycles. The fourth-order valence-corrected chi connectivity index (χ4v) is 3.36. The number of hydrogen-bond acceptors (Lipinski definition) is 2. The van der Waals surface area contributed by atoms with Crippen molar-refractivity contribution in [1.29, 1.82) is 0 Å². The van der Waals surface area contributed by atoms with E-state index in [1.54, 1.807) is 0 Å². The summed E-state index contributed by atoms with van der Waals surface area (Å²) in [6.07, 6.45) is 4.25. The minimum atomic E-state index is 0.500. The van der Waals surface area contributed by atoms with E-state index in [0.29, 0.717) is 6.04 Å². The molecule has 1 aliphatic rings. The molecule has 2 aromatic carbocycles. The third-order valence-electron chi connectivity index (χ3n) is 4.64. The summed E-state index contributed by atoms with van der Waals surface area (Å²) in [6.45, 7) is 8.33. The zero-order chi connectivity index (χ0) is 15.9. The van der Waals surface area contributed by atoms with Gasteiger partial charge in [-0.15, -0.1) is 6.58 Å². The van der Waals surface area contributed by atoms with E-state index in [0.717, 1.165) is 39.0 Å². The highest BCUT2D eigenvalue weighted by atomic mass is 15.2. The van der Waals surface area contributed by atoms with Gasteiger partial charge in [-0.05, 0) is 29.5 Å². The SMILES string of the molecule is C=CCC[C@H](c1ccc(-c2ccccc2)cc1)N1CCNCC1. The van der Waals surface area contributed by atoms with Gasteiger partial charge in [-0.2, -0.15) is 0 Å². The lowest BCUT2D eigenvalue weighted by molar-refractivity contribution is 0.166. The van der Waals surface area contributed by atoms with Gasteiger partial charge in [0.05, 0.1) is 0 Å². The van der Waals surface area contributed by atoms with Crippen molar-refractivity contribution in [3.05, 3.63) is 72.8 Å². The van der Waals surface area contributed by atoms with Crippen LogP contribution in [0.3, 0.4) is 0 Å². The van der Waals surface area contributed by atoms with Crippen LogP contribution in [0.5, 0.6) is 0 Å². The van der Waals surface area contributed by atoms with Gasteiger partial charge in [0.15, 0.2) is 0 Å². The molecule has 0 saturated carbocycles. The average molecular weight is 306 g/mol. The predicted molar refractivity (Wildman–Crippen MR) is 98.5 cm³/mol. The summed E-state index contributed by atoms with van der Waals surface area (Å²) in [4.78, 5) is 2.61. The first kappa shape index (κ1) is 16.0. The molecule has 1 atom stereocenters. The molecule has 0 aromatic heterocycles. The molecule has 1 fully saturated rings. The Balaban J connectivity index is 1.79. The zero-order valence-electron chi connectivity index (χ0n) is 13.7. The highest BCUT2D eigenvalue weighted by molar-refractivity contribution is 5.63. The van der Waals surface area contributed by atoms with E-state index >= 15 is 0 Å². The Morgan fingerprint density at radius 3 is 2.26 bits per heavy atom. The van der Waals surface area contributed by atoms with Crippen molar-refractivity contribution in [3.63, 3.8) is 0 Å². The van der Waals surface area contributed by atoms with Gasteiger partial charge in [0.2, 0.25) is 0 Å². The van der Waals surface area contributed by atoms with Crippen LogP contribution in [0.1, 0.15) is 24.4 Å². The second kappa shape index (κ2) is 8.09. The molecule has 23 heavy (non-hydrogen) atoms. The molecule has 2 aromatic rings.